The van der Waals surface area contributed by atoms with Gasteiger partial charge in [-0.15, -0.1) is 0 Å². The van der Waals surface area contributed by atoms with Gasteiger partial charge < -0.3 is 4.90 Å². The molecule has 0 saturated carbocycles. The van der Waals surface area contributed by atoms with Gasteiger partial charge in [0.1, 0.15) is 0 Å². The molecule has 2 heterocycles. The molecule has 112 valence electrons. The molecule has 22 heavy (non-hydrogen) atoms. The van der Waals surface area contributed by atoms with Crippen molar-refractivity contribution in [1.82, 2.24) is 9.80 Å². The van der Waals surface area contributed by atoms with Crippen molar-refractivity contribution in [2.45, 2.75) is 12.8 Å². The Morgan fingerprint density at radius 3 is 2.55 bits per heavy atom. The largest absolute Gasteiger partial charge is 0.338 e. The number of hydrogen-bond donors (Lipinski definition) is 0. The van der Waals surface area contributed by atoms with E-state index in [1.165, 1.54) is 4.90 Å². The first-order valence-electron chi connectivity index (χ1n) is 7.21. The van der Waals surface area contributed by atoms with E-state index in [-0.39, 0.29) is 23.6 Å². The van der Waals surface area contributed by atoms with Gasteiger partial charge in [-0.25, -0.2) is 0 Å². The van der Waals surface area contributed by atoms with Crippen molar-refractivity contribution >= 4 is 17.7 Å². The van der Waals surface area contributed by atoms with Crippen LogP contribution in [0.4, 0.5) is 0 Å². The zero-order valence-corrected chi connectivity index (χ0v) is 12.0. The predicted molar refractivity (Wildman–Crippen MR) is 76.5 cm³/mol. The molecule has 0 aliphatic carbocycles. The first kappa shape index (κ1) is 14.3. The fourth-order valence-corrected chi connectivity index (χ4v) is 2.84. The molecule has 0 spiro atoms. The highest BCUT2D eigenvalue weighted by molar-refractivity contribution is 6.02. The number of carbonyl (C=O) groups is 3. The molecule has 3 rings (SSSR count). The summed E-state index contributed by atoms with van der Waals surface area (Å²) in [4.78, 5) is 38.4. The lowest BCUT2D eigenvalue weighted by molar-refractivity contribution is -0.139. The molecule has 0 bridgehead atoms. The van der Waals surface area contributed by atoms with Crippen LogP contribution in [0.5, 0.6) is 0 Å². The van der Waals surface area contributed by atoms with Crippen molar-refractivity contribution in [3.63, 3.8) is 0 Å². The maximum absolute atomic E-state index is 12.3. The smallest absolute Gasteiger partial charge is 0.253 e. The Morgan fingerprint density at radius 1 is 1.23 bits per heavy atom. The first-order valence-corrected chi connectivity index (χ1v) is 7.21. The van der Waals surface area contributed by atoms with Crippen LogP contribution in [0.2, 0.25) is 0 Å². The Kier molecular flexibility index (Phi) is 3.63. The van der Waals surface area contributed by atoms with Crippen molar-refractivity contribution in [2.75, 3.05) is 19.6 Å². The van der Waals surface area contributed by atoms with Gasteiger partial charge in [0.25, 0.3) is 5.91 Å². The SMILES string of the molecule is N#Cc1cccc(C(=O)N2CC(CN3C(=O)CCC3=O)C2)c1. The van der Waals surface area contributed by atoms with Crippen LogP contribution in [-0.4, -0.2) is 47.2 Å². The van der Waals surface area contributed by atoms with Crippen molar-refractivity contribution in [1.29, 1.82) is 5.26 Å². The summed E-state index contributed by atoms with van der Waals surface area (Å²) in [5.74, 6) is -0.200. The van der Waals surface area contributed by atoms with Gasteiger partial charge in [-0.2, -0.15) is 5.26 Å². The van der Waals surface area contributed by atoms with E-state index in [4.69, 9.17) is 5.26 Å². The highest BCUT2D eigenvalue weighted by Gasteiger charge is 2.37. The summed E-state index contributed by atoms with van der Waals surface area (Å²) in [6, 6.07) is 8.61. The molecule has 0 aromatic heterocycles. The quantitative estimate of drug-likeness (QED) is 0.772. The summed E-state index contributed by atoms with van der Waals surface area (Å²) < 4.78 is 0. The van der Waals surface area contributed by atoms with Gasteiger partial charge in [-0.05, 0) is 18.2 Å². The minimum atomic E-state index is -0.118. The molecule has 1 aromatic rings. The van der Waals surface area contributed by atoms with Gasteiger partial charge in [0.05, 0.1) is 11.6 Å². The monoisotopic (exact) mass is 297 g/mol. The zero-order valence-electron chi connectivity index (χ0n) is 12.0. The molecule has 6 heteroatoms. The summed E-state index contributed by atoms with van der Waals surface area (Å²) in [6.07, 6.45) is 0.601. The van der Waals surface area contributed by atoms with Crippen LogP contribution in [-0.2, 0) is 9.59 Å². The second-order valence-electron chi connectivity index (χ2n) is 5.67. The molecule has 3 amide bonds. The lowest BCUT2D eigenvalue weighted by Gasteiger charge is -2.40. The van der Waals surface area contributed by atoms with E-state index < -0.39 is 0 Å². The van der Waals surface area contributed by atoms with E-state index in [1.54, 1.807) is 29.2 Å². The normalized spacial score (nSPS) is 18.3. The second-order valence-corrected chi connectivity index (χ2v) is 5.67. The minimum Gasteiger partial charge on any atom is -0.338 e. The van der Waals surface area contributed by atoms with Crippen molar-refractivity contribution in [2.24, 2.45) is 5.92 Å². The Hall–Kier alpha value is -2.68. The number of nitrogens with zero attached hydrogens (tertiary/aromatic N) is 3. The van der Waals surface area contributed by atoms with Gasteiger partial charge in [0, 0.05) is 44.0 Å². The van der Waals surface area contributed by atoms with E-state index in [0.717, 1.165) is 0 Å². The summed E-state index contributed by atoms with van der Waals surface area (Å²) in [7, 11) is 0. The van der Waals surface area contributed by atoms with Crippen LogP contribution in [0.25, 0.3) is 0 Å². The molecule has 2 aliphatic rings. The van der Waals surface area contributed by atoms with Crippen LogP contribution >= 0.6 is 0 Å². The number of carbonyl (C=O) groups excluding carboxylic acids is 3. The maximum atomic E-state index is 12.3. The van der Waals surface area contributed by atoms with Gasteiger partial charge in [0.2, 0.25) is 11.8 Å². The van der Waals surface area contributed by atoms with Crippen LogP contribution in [0.15, 0.2) is 24.3 Å². The number of nitriles is 1. The highest BCUT2D eigenvalue weighted by Crippen LogP contribution is 2.22. The third kappa shape index (κ3) is 2.58. The Bertz CT molecular complexity index is 670. The van der Waals surface area contributed by atoms with Gasteiger partial charge in [-0.3, -0.25) is 19.3 Å². The number of hydrogen-bond acceptors (Lipinski definition) is 4. The number of benzene rings is 1. The predicted octanol–water partition coefficient (Wildman–Crippen LogP) is 0.779. The number of likely N-dealkylation sites (tertiary alicyclic amines) is 2. The van der Waals surface area contributed by atoms with E-state index in [9.17, 15) is 14.4 Å². The van der Waals surface area contributed by atoms with Crippen LogP contribution < -0.4 is 0 Å². The topological polar surface area (TPSA) is 81.5 Å². The lowest BCUT2D eigenvalue weighted by Crippen LogP contribution is -2.54. The van der Waals surface area contributed by atoms with E-state index in [0.29, 0.717) is 43.6 Å². The van der Waals surface area contributed by atoms with E-state index >= 15 is 0 Å². The summed E-state index contributed by atoms with van der Waals surface area (Å²) >= 11 is 0. The highest BCUT2D eigenvalue weighted by atomic mass is 16.2. The fourth-order valence-electron chi connectivity index (χ4n) is 2.84. The average molecular weight is 297 g/mol. The Morgan fingerprint density at radius 2 is 1.91 bits per heavy atom. The zero-order chi connectivity index (χ0) is 15.7. The molecule has 2 aliphatic heterocycles. The van der Waals surface area contributed by atoms with Crippen molar-refractivity contribution < 1.29 is 14.4 Å². The molecule has 2 saturated heterocycles. The Labute approximate surface area is 127 Å². The molecule has 1 aromatic carbocycles. The van der Waals surface area contributed by atoms with Gasteiger partial charge in [-0.1, -0.05) is 6.07 Å². The first-order chi connectivity index (χ1) is 10.6. The third-order valence-corrected chi connectivity index (χ3v) is 4.08. The van der Waals surface area contributed by atoms with Crippen LogP contribution in [0.1, 0.15) is 28.8 Å². The summed E-state index contributed by atoms with van der Waals surface area (Å²) in [5.41, 5.74) is 0.946. The van der Waals surface area contributed by atoms with Crippen LogP contribution in [0.3, 0.4) is 0 Å². The number of amides is 3. The molecule has 2 fully saturated rings. The van der Waals surface area contributed by atoms with Crippen molar-refractivity contribution in [3.8, 4) is 6.07 Å². The lowest BCUT2D eigenvalue weighted by atomic mass is 9.98. The van der Waals surface area contributed by atoms with Crippen LogP contribution in [0, 0.1) is 17.2 Å². The molecule has 6 nitrogen and oxygen atoms in total. The summed E-state index contributed by atoms with van der Waals surface area (Å²) in [6.45, 7) is 1.47. The molecular weight excluding hydrogens is 282 g/mol. The van der Waals surface area contributed by atoms with Gasteiger partial charge in [0.15, 0.2) is 0 Å². The fraction of sp³-hybridized carbons (Fsp3) is 0.375. The minimum absolute atomic E-state index is 0.114. The third-order valence-electron chi connectivity index (χ3n) is 4.08. The van der Waals surface area contributed by atoms with Gasteiger partial charge >= 0.3 is 0 Å². The number of rotatable bonds is 3. The molecule has 0 atom stereocenters. The van der Waals surface area contributed by atoms with E-state index in [2.05, 4.69) is 0 Å². The van der Waals surface area contributed by atoms with Crippen molar-refractivity contribution in [3.05, 3.63) is 35.4 Å². The standard InChI is InChI=1S/C16H15N3O3/c17-7-11-2-1-3-13(6-11)16(22)18-8-12(9-18)10-19-14(20)4-5-15(19)21/h1-3,6,12H,4-5,8-10H2. The number of imide groups is 1. The summed E-state index contributed by atoms with van der Waals surface area (Å²) in [5, 5.41) is 8.86. The Balaban J connectivity index is 1.57. The molecule has 0 N–H and O–H groups in total. The molecule has 0 radical (unpaired) electrons. The molecular formula is C16H15N3O3. The average Bonchev–Trinajstić information content (AvgIpc) is 2.81. The van der Waals surface area contributed by atoms with E-state index in [1.807, 2.05) is 6.07 Å². The maximum Gasteiger partial charge on any atom is 0.253 e. The molecule has 0 unspecified atom stereocenters. The second kappa shape index (κ2) is 5.60.